The van der Waals surface area contributed by atoms with Crippen LogP contribution in [0.4, 0.5) is 10.5 Å². The van der Waals surface area contributed by atoms with Crippen molar-refractivity contribution < 1.29 is 19.2 Å². The SMILES string of the molecule is CCn1c2ccccc2c2cc(CN3CCC(NC(=O)OCc4ccc([N+](=O)[O-])c(OC)c4)C3)ccc21. The lowest BCUT2D eigenvalue weighted by atomic mass is 10.1. The fourth-order valence-corrected chi connectivity index (χ4v) is 5.21. The van der Waals surface area contributed by atoms with Crippen molar-refractivity contribution >= 4 is 33.6 Å². The second kappa shape index (κ2) is 10.5. The van der Waals surface area contributed by atoms with E-state index in [1.165, 1.54) is 46.6 Å². The van der Waals surface area contributed by atoms with Gasteiger partial charge >= 0.3 is 11.8 Å². The van der Waals surface area contributed by atoms with Crippen LogP contribution in [0.2, 0.25) is 0 Å². The zero-order valence-corrected chi connectivity index (χ0v) is 21.0. The maximum Gasteiger partial charge on any atom is 0.407 e. The van der Waals surface area contributed by atoms with Crippen molar-refractivity contribution in [1.82, 2.24) is 14.8 Å². The largest absolute Gasteiger partial charge is 0.490 e. The molecule has 37 heavy (non-hydrogen) atoms. The molecular formula is C28H30N4O5. The van der Waals surface area contributed by atoms with Gasteiger partial charge in [0.1, 0.15) is 6.61 Å². The molecule has 1 atom stereocenters. The summed E-state index contributed by atoms with van der Waals surface area (Å²) in [6, 6.07) is 19.6. The number of carbonyl (C=O) groups is 1. The highest BCUT2D eigenvalue weighted by atomic mass is 16.6. The van der Waals surface area contributed by atoms with Crippen LogP contribution in [0.25, 0.3) is 21.8 Å². The number of para-hydroxylation sites is 1. The maximum atomic E-state index is 12.4. The van der Waals surface area contributed by atoms with Crippen LogP contribution in [0, 0.1) is 10.1 Å². The smallest absolute Gasteiger partial charge is 0.407 e. The van der Waals surface area contributed by atoms with E-state index in [0.717, 1.165) is 32.6 Å². The number of ether oxygens (including phenoxy) is 2. The molecule has 0 radical (unpaired) electrons. The number of nitrogens with one attached hydrogen (secondary N) is 1. The summed E-state index contributed by atoms with van der Waals surface area (Å²) in [5.41, 5.74) is 4.25. The molecule has 9 heteroatoms. The number of alkyl carbamates (subject to hydrolysis) is 1. The van der Waals surface area contributed by atoms with Crippen molar-refractivity contribution in [3.8, 4) is 5.75 Å². The van der Waals surface area contributed by atoms with Gasteiger partial charge in [0, 0.05) is 60.1 Å². The van der Waals surface area contributed by atoms with E-state index < -0.39 is 11.0 Å². The Morgan fingerprint density at radius 3 is 2.65 bits per heavy atom. The van der Waals surface area contributed by atoms with E-state index in [-0.39, 0.29) is 24.1 Å². The summed E-state index contributed by atoms with van der Waals surface area (Å²) in [5, 5.41) is 16.5. The quantitative estimate of drug-likeness (QED) is 0.262. The topological polar surface area (TPSA) is 98.9 Å². The summed E-state index contributed by atoms with van der Waals surface area (Å²) in [7, 11) is 1.37. The lowest BCUT2D eigenvalue weighted by Crippen LogP contribution is -2.37. The van der Waals surface area contributed by atoms with E-state index in [1.807, 2.05) is 0 Å². The summed E-state index contributed by atoms with van der Waals surface area (Å²) in [5.74, 6) is 0.135. The molecule has 9 nitrogen and oxygen atoms in total. The van der Waals surface area contributed by atoms with Crippen LogP contribution in [0.1, 0.15) is 24.5 Å². The Morgan fingerprint density at radius 1 is 1.08 bits per heavy atom. The Morgan fingerprint density at radius 2 is 1.86 bits per heavy atom. The van der Waals surface area contributed by atoms with Gasteiger partial charge < -0.3 is 19.4 Å². The lowest BCUT2D eigenvalue weighted by molar-refractivity contribution is -0.385. The van der Waals surface area contributed by atoms with Gasteiger partial charge in [-0.1, -0.05) is 24.3 Å². The first kappa shape index (κ1) is 24.6. The van der Waals surface area contributed by atoms with Crippen LogP contribution < -0.4 is 10.1 Å². The Balaban J connectivity index is 1.17. The average Bonchev–Trinajstić information content (AvgIpc) is 3.48. The number of benzene rings is 3. The Hall–Kier alpha value is -4.11. The third-order valence-electron chi connectivity index (χ3n) is 6.96. The Kier molecular flexibility index (Phi) is 6.96. The Labute approximate surface area is 214 Å². The minimum atomic E-state index is -0.510. The molecule has 0 saturated carbocycles. The number of aryl methyl sites for hydroxylation is 1. The molecule has 3 aromatic carbocycles. The fourth-order valence-electron chi connectivity index (χ4n) is 5.21. The number of aromatic nitrogens is 1. The summed E-state index contributed by atoms with van der Waals surface area (Å²) >= 11 is 0. The number of likely N-dealkylation sites (tertiary alicyclic amines) is 1. The van der Waals surface area contributed by atoms with Crippen molar-refractivity contribution in [2.45, 2.75) is 39.1 Å². The van der Waals surface area contributed by atoms with Crippen LogP contribution in [0.5, 0.6) is 5.75 Å². The number of methoxy groups -OCH3 is 1. The van der Waals surface area contributed by atoms with Gasteiger partial charge in [-0.05, 0) is 54.8 Å². The number of nitro benzene ring substituents is 1. The van der Waals surface area contributed by atoms with Gasteiger partial charge in [-0.15, -0.1) is 0 Å². The maximum absolute atomic E-state index is 12.4. The van der Waals surface area contributed by atoms with Gasteiger partial charge in [-0.3, -0.25) is 15.0 Å². The third-order valence-corrected chi connectivity index (χ3v) is 6.96. The summed E-state index contributed by atoms with van der Waals surface area (Å²) in [4.78, 5) is 25.2. The van der Waals surface area contributed by atoms with Crippen LogP contribution in [-0.2, 0) is 24.4 Å². The number of carbonyl (C=O) groups excluding carboxylic acids is 1. The van der Waals surface area contributed by atoms with E-state index in [0.29, 0.717) is 5.56 Å². The molecule has 4 aromatic rings. The second-order valence-corrected chi connectivity index (χ2v) is 9.32. The lowest BCUT2D eigenvalue weighted by Gasteiger charge is -2.17. The molecule has 0 aliphatic carbocycles. The predicted octanol–water partition coefficient (Wildman–Crippen LogP) is 5.23. The van der Waals surface area contributed by atoms with Crippen molar-refractivity contribution in [2.24, 2.45) is 0 Å². The second-order valence-electron chi connectivity index (χ2n) is 9.32. The molecule has 0 bridgehead atoms. The van der Waals surface area contributed by atoms with E-state index in [9.17, 15) is 14.9 Å². The van der Waals surface area contributed by atoms with E-state index in [4.69, 9.17) is 9.47 Å². The van der Waals surface area contributed by atoms with Crippen molar-refractivity contribution in [3.63, 3.8) is 0 Å². The van der Waals surface area contributed by atoms with Crippen LogP contribution in [0.15, 0.2) is 60.7 Å². The van der Waals surface area contributed by atoms with Crippen LogP contribution in [-0.4, -0.2) is 46.7 Å². The molecule has 1 saturated heterocycles. The summed E-state index contributed by atoms with van der Waals surface area (Å²) in [6.45, 7) is 5.55. The number of nitrogens with zero attached hydrogens (tertiary/aromatic N) is 3. The van der Waals surface area contributed by atoms with Crippen molar-refractivity contribution in [1.29, 1.82) is 0 Å². The third kappa shape index (κ3) is 5.08. The van der Waals surface area contributed by atoms with Gasteiger partial charge in [-0.2, -0.15) is 0 Å². The number of hydrogen-bond acceptors (Lipinski definition) is 6. The number of hydrogen-bond donors (Lipinski definition) is 1. The molecule has 1 amide bonds. The Bertz CT molecular complexity index is 1460. The van der Waals surface area contributed by atoms with Gasteiger partial charge in [0.2, 0.25) is 0 Å². The highest BCUT2D eigenvalue weighted by Gasteiger charge is 2.25. The van der Waals surface area contributed by atoms with E-state index in [1.54, 1.807) is 6.07 Å². The van der Waals surface area contributed by atoms with E-state index in [2.05, 4.69) is 64.2 Å². The first-order chi connectivity index (χ1) is 18.0. The molecule has 1 N–H and O–H groups in total. The first-order valence-corrected chi connectivity index (χ1v) is 12.4. The molecule has 1 aromatic heterocycles. The number of fused-ring (bicyclic) bond motifs is 3. The van der Waals surface area contributed by atoms with Crippen LogP contribution >= 0.6 is 0 Å². The van der Waals surface area contributed by atoms with Crippen molar-refractivity contribution in [3.05, 3.63) is 81.9 Å². The average molecular weight is 503 g/mol. The molecule has 1 fully saturated rings. The van der Waals surface area contributed by atoms with Gasteiger partial charge in [-0.25, -0.2) is 4.79 Å². The summed E-state index contributed by atoms with van der Waals surface area (Å²) < 4.78 is 12.8. The highest BCUT2D eigenvalue weighted by molar-refractivity contribution is 6.08. The monoisotopic (exact) mass is 502 g/mol. The fraction of sp³-hybridized carbons (Fsp3) is 0.321. The number of amides is 1. The molecule has 1 aliphatic heterocycles. The standard InChI is InChI=1S/C28H30N4O5/c1-3-31-24-7-5-4-6-22(24)23-14-19(8-10-25(23)31)16-30-13-12-21(17-30)29-28(33)37-18-20-9-11-26(32(34)35)27(15-20)36-2/h4-11,14-15,21H,3,12-13,16-18H2,1-2H3,(H,29,33). The molecule has 0 spiro atoms. The molecule has 192 valence electrons. The molecule has 1 aliphatic rings. The zero-order chi connectivity index (χ0) is 25.9. The normalized spacial score (nSPS) is 15.8. The van der Waals surface area contributed by atoms with Crippen molar-refractivity contribution in [2.75, 3.05) is 20.2 Å². The summed E-state index contributed by atoms with van der Waals surface area (Å²) in [6.07, 6.45) is 0.343. The van der Waals surface area contributed by atoms with Gasteiger partial charge in [0.25, 0.3) is 0 Å². The molecule has 1 unspecified atom stereocenters. The predicted molar refractivity (Wildman–Crippen MR) is 142 cm³/mol. The molecule has 5 rings (SSSR count). The van der Waals surface area contributed by atoms with Gasteiger partial charge in [0.15, 0.2) is 5.75 Å². The number of nitro groups is 1. The van der Waals surface area contributed by atoms with Gasteiger partial charge in [0.05, 0.1) is 12.0 Å². The minimum Gasteiger partial charge on any atom is -0.490 e. The first-order valence-electron chi connectivity index (χ1n) is 12.4. The van der Waals surface area contributed by atoms with E-state index >= 15 is 0 Å². The number of rotatable bonds is 8. The zero-order valence-electron chi connectivity index (χ0n) is 21.0. The molecule has 2 heterocycles. The molecular weight excluding hydrogens is 472 g/mol. The van der Waals surface area contributed by atoms with Crippen LogP contribution in [0.3, 0.4) is 0 Å². The highest BCUT2D eigenvalue weighted by Crippen LogP contribution is 2.30. The minimum absolute atomic E-state index is 0.00198.